The zero-order chi connectivity index (χ0) is 13.3. The number of carbonyl (C=O) groups is 1. The second kappa shape index (κ2) is 4.41. The molecule has 0 bridgehead atoms. The summed E-state index contributed by atoms with van der Waals surface area (Å²) in [6.07, 6.45) is 0. The molecule has 0 unspecified atom stereocenters. The van der Waals surface area contributed by atoms with Crippen LogP contribution in [0.1, 0.15) is 44.1 Å². The molecule has 1 heterocycles. The maximum atomic E-state index is 11.6. The summed E-state index contributed by atoms with van der Waals surface area (Å²) >= 11 is 0. The minimum absolute atomic E-state index is 0.100. The highest BCUT2D eigenvalue weighted by Gasteiger charge is 2.25. The number of carbonyl (C=O) groups excluding carboxylic acids is 1. The lowest BCUT2D eigenvalue weighted by molar-refractivity contribution is 0.0984. The van der Waals surface area contributed by atoms with Gasteiger partial charge in [-0.1, -0.05) is 51.1 Å². The summed E-state index contributed by atoms with van der Waals surface area (Å²) < 4.78 is 5.63. The van der Waals surface area contributed by atoms with Crippen molar-refractivity contribution in [3.63, 3.8) is 0 Å². The van der Waals surface area contributed by atoms with Gasteiger partial charge in [-0.25, -0.2) is 4.98 Å². The molecule has 3 heteroatoms. The van der Waals surface area contributed by atoms with Gasteiger partial charge < -0.3 is 4.42 Å². The van der Waals surface area contributed by atoms with Gasteiger partial charge in [-0.15, -0.1) is 0 Å². The van der Waals surface area contributed by atoms with Crippen molar-refractivity contribution < 1.29 is 9.21 Å². The van der Waals surface area contributed by atoms with E-state index < -0.39 is 0 Å². The van der Waals surface area contributed by atoms with Crippen molar-refractivity contribution in [2.24, 2.45) is 0 Å². The van der Waals surface area contributed by atoms with Crippen LogP contribution >= 0.6 is 0 Å². The highest BCUT2D eigenvalue weighted by atomic mass is 16.4. The third-order valence-electron chi connectivity index (χ3n) is 2.64. The average molecular weight is 243 g/mol. The first-order chi connectivity index (χ1) is 8.39. The first-order valence-corrected chi connectivity index (χ1v) is 5.97. The van der Waals surface area contributed by atoms with Crippen molar-refractivity contribution in [2.75, 3.05) is 0 Å². The smallest absolute Gasteiger partial charge is 0.201 e. The van der Waals surface area contributed by atoms with E-state index in [0.29, 0.717) is 17.3 Å². The lowest BCUT2D eigenvalue weighted by Gasteiger charge is -2.11. The van der Waals surface area contributed by atoms with E-state index >= 15 is 0 Å². The minimum Gasteiger partial charge on any atom is -0.436 e. The fraction of sp³-hybridized carbons (Fsp3) is 0.333. The Morgan fingerprint density at radius 2 is 1.78 bits per heavy atom. The standard InChI is InChI=1S/C15H17NO2/c1-10(17)13-12(11-8-6-5-7-9-11)16-14(18-13)15(2,3)4/h5-9H,1-4H3. The molecule has 2 aromatic rings. The van der Waals surface area contributed by atoms with E-state index in [1.54, 1.807) is 0 Å². The van der Waals surface area contributed by atoms with Gasteiger partial charge in [0, 0.05) is 17.9 Å². The van der Waals surface area contributed by atoms with Crippen molar-refractivity contribution in [1.82, 2.24) is 4.98 Å². The number of hydrogen-bond acceptors (Lipinski definition) is 3. The second-order valence-electron chi connectivity index (χ2n) is 5.37. The van der Waals surface area contributed by atoms with Gasteiger partial charge in [0.05, 0.1) is 0 Å². The lowest BCUT2D eigenvalue weighted by atomic mass is 9.97. The number of aromatic nitrogens is 1. The van der Waals surface area contributed by atoms with Crippen LogP contribution in [0.5, 0.6) is 0 Å². The number of oxazole rings is 1. The van der Waals surface area contributed by atoms with Crippen LogP contribution < -0.4 is 0 Å². The normalized spacial score (nSPS) is 11.6. The van der Waals surface area contributed by atoms with Crippen LogP contribution in [0.25, 0.3) is 11.3 Å². The maximum Gasteiger partial charge on any atom is 0.201 e. The fourth-order valence-electron chi connectivity index (χ4n) is 1.67. The zero-order valence-electron chi connectivity index (χ0n) is 11.2. The molecule has 0 aliphatic heterocycles. The first-order valence-electron chi connectivity index (χ1n) is 5.97. The van der Waals surface area contributed by atoms with Gasteiger partial charge in [-0.05, 0) is 0 Å². The Hall–Kier alpha value is -1.90. The Morgan fingerprint density at radius 1 is 1.17 bits per heavy atom. The molecule has 0 saturated carbocycles. The number of Topliss-reactive ketones (excluding diaryl/α,β-unsaturated/α-hetero) is 1. The van der Waals surface area contributed by atoms with Crippen LogP contribution in [0.2, 0.25) is 0 Å². The molecule has 2 rings (SSSR count). The van der Waals surface area contributed by atoms with Crippen LogP contribution in [0.3, 0.4) is 0 Å². The Bertz CT molecular complexity index is 562. The van der Waals surface area contributed by atoms with Gasteiger partial charge in [0.2, 0.25) is 5.89 Å². The molecule has 0 saturated heterocycles. The fourth-order valence-corrected chi connectivity index (χ4v) is 1.67. The van der Waals surface area contributed by atoms with Crippen molar-refractivity contribution in [2.45, 2.75) is 33.1 Å². The van der Waals surface area contributed by atoms with E-state index in [1.165, 1.54) is 6.92 Å². The van der Waals surface area contributed by atoms with E-state index in [4.69, 9.17) is 4.42 Å². The molecule has 0 amide bonds. The van der Waals surface area contributed by atoms with E-state index in [-0.39, 0.29) is 11.2 Å². The summed E-state index contributed by atoms with van der Waals surface area (Å²) in [7, 11) is 0. The molecule has 1 aromatic heterocycles. The molecule has 1 aromatic carbocycles. The van der Waals surface area contributed by atoms with Crippen LogP contribution in [0, 0.1) is 0 Å². The predicted octanol–water partition coefficient (Wildman–Crippen LogP) is 3.84. The molecule has 0 fully saturated rings. The van der Waals surface area contributed by atoms with E-state index in [2.05, 4.69) is 4.98 Å². The van der Waals surface area contributed by atoms with Crippen molar-refractivity contribution in [1.29, 1.82) is 0 Å². The van der Waals surface area contributed by atoms with Crippen molar-refractivity contribution in [3.8, 4) is 11.3 Å². The quantitative estimate of drug-likeness (QED) is 0.752. The van der Waals surface area contributed by atoms with E-state index in [1.807, 2.05) is 51.1 Å². The molecule has 0 spiro atoms. The summed E-state index contributed by atoms with van der Waals surface area (Å²) in [6.45, 7) is 7.53. The number of benzene rings is 1. The van der Waals surface area contributed by atoms with Gasteiger partial charge >= 0.3 is 0 Å². The zero-order valence-corrected chi connectivity index (χ0v) is 11.2. The molecular formula is C15H17NO2. The van der Waals surface area contributed by atoms with Gasteiger partial charge in [0.25, 0.3) is 0 Å². The Morgan fingerprint density at radius 3 is 2.28 bits per heavy atom. The molecule has 0 aliphatic rings. The number of hydrogen-bond donors (Lipinski definition) is 0. The SMILES string of the molecule is CC(=O)c1oc(C(C)(C)C)nc1-c1ccccc1. The van der Waals surface area contributed by atoms with Crippen LogP contribution in [0.15, 0.2) is 34.7 Å². The van der Waals surface area contributed by atoms with Gasteiger partial charge in [-0.3, -0.25) is 4.79 Å². The molecule has 0 radical (unpaired) electrons. The monoisotopic (exact) mass is 243 g/mol. The topological polar surface area (TPSA) is 43.1 Å². The summed E-state index contributed by atoms with van der Waals surface area (Å²) in [4.78, 5) is 16.1. The maximum absolute atomic E-state index is 11.6. The molecule has 0 N–H and O–H groups in total. The first kappa shape index (κ1) is 12.6. The Kier molecular flexibility index (Phi) is 3.07. The minimum atomic E-state index is -0.211. The Labute approximate surface area is 107 Å². The summed E-state index contributed by atoms with van der Waals surface area (Å²) in [6, 6.07) is 9.63. The molecule has 0 atom stereocenters. The Balaban J connectivity index is 2.60. The van der Waals surface area contributed by atoms with Crippen molar-refractivity contribution >= 4 is 5.78 Å². The molecule has 94 valence electrons. The lowest BCUT2D eigenvalue weighted by Crippen LogP contribution is -2.11. The van der Waals surface area contributed by atoms with E-state index in [9.17, 15) is 4.79 Å². The largest absolute Gasteiger partial charge is 0.436 e. The summed E-state index contributed by atoms with van der Waals surface area (Å²) in [5.41, 5.74) is 1.33. The predicted molar refractivity (Wildman–Crippen MR) is 70.6 cm³/mol. The van der Waals surface area contributed by atoms with Crippen LogP contribution in [-0.4, -0.2) is 10.8 Å². The number of nitrogens with zero attached hydrogens (tertiary/aromatic N) is 1. The molecule has 3 nitrogen and oxygen atoms in total. The summed E-state index contributed by atoms with van der Waals surface area (Å²) in [5, 5.41) is 0. The van der Waals surface area contributed by atoms with Crippen LogP contribution in [0.4, 0.5) is 0 Å². The van der Waals surface area contributed by atoms with E-state index in [0.717, 1.165) is 5.56 Å². The van der Waals surface area contributed by atoms with Crippen LogP contribution in [-0.2, 0) is 5.41 Å². The molecule has 18 heavy (non-hydrogen) atoms. The third kappa shape index (κ3) is 2.35. The molecule has 0 aliphatic carbocycles. The highest BCUT2D eigenvalue weighted by Crippen LogP contribution is 2.29. The van der Waals surface area contributed by atoms with Crippen molar-refractivity contribution in [3.05, 3.63) is 42.0 Å². The third-order valence-corrected chi connectivity index (χ3v) is 2.64. The number of ketones is 1. The summed E-state index contributed by atoms with van der Waals surface area (Å²) in [5.74, 6) is 0.828. The average Bonchev–Trinajstić information content (AvgIpc) is 2.74. The van der Waals surface area contributed by atoms with Gasteiger partial charge in [0.1, 0.15) is 5.69 Å². The number of rotatable bonds is 2. The molecular weight excluding hydrogens is 226 g/mol. The highest BCUT2D eigenvalue weighted by molar-refractivity contribution is 5.97. The second-order valence-corrected chi connectivity index (χ2v) is 5.37. The van der Waals surface area contributed by atoms with Gasteiger partial charge in [-0.2, -0.15) is 0 Å². The van der Waals surface area contributed by atoms with Gasteiger partial charge in [0.15, 0.2) is 11.5 Å².